The van der Waals surface area contributed by atoms with Crippen LogP contribution in [0.15, 0.2) is 42.5 Å². The monoisotopic (exact) mass is 341 g/mol. The average molecular weight is 341 g/mol. The third kappa shape index (κ3) is 5.89. The fourth-order valence-electron chi connectivity index (χ4n) is 2.95. The van der Waals surface area contributed by atoms with Crippen LogP contribution in [0.25, 0.3) is 10.8 Å². The van der Waals surface area contributed by atoms with Crippen molar-refractivity contribution in [1.82, 2.24) is 5.32 Å². The molecule has 0 fully saturated rings. The van der Waals surface area contributed by atoms with Crippen LogP contribution in [0.1, 0.15) is 44.6 Å². The van der Waals surface area contributed by atoms with Crippen LogP contribution in [0.3, 0.4) is 0 Å². The van der Waals surface area contributed by atoms with Gasteiger partial charge in [-0.1, -0.05) is 75.1 Å². The Kier molecular flexibility index (Phi) is 7.45. The Bertz CT molecular complexity index is 711. The molecule has 0 radical (unpaired) electrons. The van der Waals surface area contributed by atoms with Crippen LogP contribution in [-0.2, 0) is 20.7 Å². The van der Waals surface area contributed by atoms with Crippen LogP contribution in [0.2, 0.25) is 0 Å². The Morgan fingerprint density at radius 1 is 1.04 bits per heavy atom. The van der Waals surface area contributed by atoms with Crippen LogP contribution in [0.4, 0.5) is 0 Å². The summed E-state index contributed by atoms with van der Waals surface area (Å²) in [5.41, 5.74) is 0.936. The largest absolute Gasteiger partial charge is 0.467 e. The molecule has 1 amide bonds. The van der Waals surface area contributed by atoms with Gasteiger partial charge >= 0.3 is 5.97 Å². The molecule has 0 saturated carbocycles. The third-order valence-electron chi connectivity index (χ3n) is 4.35. The minimum Gasteiger partial charge on any atom is -0.467 e. The van der Waals surface area contributed by atoms with Gasteiger partial charge < -0.3 is 10.1 Å². The molecule has 0 aliphatic heterocycles. The molecular weight excluding hydrogens is 314 g/mol. The van der Waals surface area contributed by atoms with E-state index in [1.807, 2.05) is 42.5 Å². The van der Waals surface area contributed by atoms with Gasteiger partial charge in [0.1, 0.15) is 6.04 Å². The Labute approximate surface area is 149 Å². The zero-order valence-electron chi connectivity index (χ0n) is 15.1. The Morgan fingerprint density at radius 2 is 1.80 bits per heavy atom. The minimum absolute atomic E-state index is 0.152. The number of fused-ring (bicyclic) bond motifs is 1. The van der Waals surface area contributed by atoms with Gasteiger partial charge in [0.05, 0.1) is 13.5 Å². The van der Waals surface area contributed by atoms with Crippen molar-refractivity contribution in [2.75, 3.05) is 7.11 Å². The number of rotatable bonds is 9. The molecule has 2 aromatic rings. The first kappa shape index (κ1) is 19.0. The Morgan fingerprint density at radius 3 is 2.52 bits per heavy atom. The fraction of sp³-hybridized carbons (Fsp3) is 0.429. The summed E-state index contributed by atoms with van der Waals surface area (Å²) in [5.74, 6) is -0.524. The van der Waals surface area contributed by atoms with Crippen molar-refractivity contribution in [3.8, 4) is 0 Å². The lowest BCUT2D eigenvalue weighted by molar-refractivity contribution is -0.145. The molecule has 4 nitrogen and oxygen atoms in total. The van der Waals surface area contributed by atoms with Gasteiger partial charge in [-0.05, 0) is 22.8 Å². The first-order chi connectivity index (χ1) is 12.1. The van der Waals surface area contributed by atoms with Gasteiger partial charge in [-0.2, -0.15) is 0 Å². The average Bonchev–Trinajstić information content (AvgIpc) is 2.63. The number of unbranched alkanes of at least 4 members (excludes halogenated alkanes) is 3. The smallest absolute Gasteiger partial charge is 0.328 e. The summed E-state index contributed by atoms with van der Waals surface area (Å²) in [6, 6.07) is 13.5. The highest BCUT2D eigenvalue weighted by molar-refractivity contribution is 5.87. The normalized spacial score (nSPS) is 11.9. The zero-order valence-corrected chi connectivity index (χ0v) is 15.1. The lowest BCUT2D eigenvalue weighted by Crippen LogP contribution is -2.42. The summed E-state index contributed by atoms with van der Waals surface area (Å²) in [7, 11) is 1.36. The second-order valence-corrected chi connectivity index (χ2v) is 6.35. The minimum atomic E-state index is -0.560. The van der Waals surface area contributed by atoms with Crippen molar-refractivity contribution >= 4 is 22.6 Å². The predicted molar refractivity (Wildman–Crippen MR) is 100 cm³/mol. The number of methoxy groups -OCH3 is 1. The molecule has 0 heterocycles. The van der Waals surface area contributed by atoms with Gasteiger partial charge in [0.15, 0.2) is 0 Å². The van der Waals surface area contributed by atoms with E-state index in [-0.39, 0.29) is 18.3 Å². The van der Waals surface area contributed by atoms with E-state index < -0.39 is 6.04 Å². The van der Waals surface area contributed by atoms with E-state index >= 15 is 0 Å². The second-order valence-electron chi connectivity index (χ2n) is 6.35. The van der Waals surface area contributed by atoms with Gasteiger partial charge in [-0.3, -0.25) is 4.79 Å². The first-order valence-electron chi connectivity index (χ1n) is 8.99. The molecule has 1 N–H and O–H groups in total. The number of hydrogen-bond acceptors (Lipinski definition) is 3. The third-order valence-corrected chi connectivity index (χ3v) is 4.35. The molecule has 0 saturated heterocycles. The highest BCUT2D eigenvalue weighted by atomic mass is 16.5. The van der Waals surface area contributed by atoms with Crippen LogP contribution in [0.5, 0.6) is 0 Å². The summed E-state index contributed by atoms with van der Waals surface area (Å²) in [6.07, 6.45) is 5.12. The van der Waals surface area contributed by atoms with E-state index in [1.54, 1.807) is 0 Å². The van der Waals surface area contributed by atoms with E-state index in [1.165, 1.54) is 7.11 Å². The van der Waals surface area contributed by atoms with E-state index in [2.05, 4.69) is 12.2 Å². The number of benzene rings is 2. The standard InChI is InChI=1S/C21H27NO3/c1-3-4-5-6-11-19(21(24)25-2)22-20(23)15-16-12-13-17-9-7-8-10-18(17)14-16/h7-10,12-14,19H,3-6,11,15H2,1-2H3,(H,22,23)/t19-/m1/s1. The van der Waals surface area contributed by atoms with E-state index in [0.29, 0.717) is 6.42 Å². The second kappa shape index (κ2) is 9.82. The van der Waals surface area contributed by atoms with Gasteiger partial charge in [0.25, 0.3) is 0 Å². The molecule has 4 heteroatoms. The molecule has 0 spiro atoms. The van der Waals surface area contributed by atoms with Crippen molar-refractivity contribution < 1.29 is 14.3 Å². The summed E-state index contributed by atoms with van der Waals surface area (Å²) in [5, 5.41) is 5.08. The molecule has 134 valence electrons. The SMILES string of the molecule is CCCCCC[C@@H](NC(=O)Cc1ccc2ccccc2c1)C(=O)OC. The molecule has 0 aromatic heterocycles. The van der Waals surface area contributed by atoms with Gasteiger partial charge in [-0.25, -0.2) is 4.79 Å². The molecule has 0 aliphatic rings. The van der Waals surface area contributed by atoms with Crippen molar-refractivity contribution in [3.63, 3.8) is 0 Å². The number of carbonyl (C=O) groups is 2. The van der Waals surface area contributed by atoms with E-state index in [0.717, 1.165) is 42.0 Å². The maximum atomic E-state index is 12.3. The molecular formula is C21H27NO3. The summed E-state index contributed by atoms with van der Waals surface area (Å²) in [6.45, 7) is 2.14. The molecule has 2 aromatic carbocycles. The topological polar surface area (TPSA) is 55.4 Å². The van der Waals surface area contributed by atoms with Crippen LogP contribution in [0, 0.1) is 0 Å². The van der Waals surface area contributed by atoms with Crippen molar-refractivity contribution in [1.29, 1.82) is 0 Å². The van der Waals surface area contributed by atoms with Crippen LogP contribution < -0.4 is 5.32 Å². The summed E-state index contributed by atoms with van der Waals surface area (Å²) < 4.78 is 4.82. The molecule has 0 unspecified atom stereocenters. The van der Waals surface area contributed by atoms with Crippen molar-refractivity contribution in [3.05, 3.63) is 48.0 Å². The number of hydrogen-bond donors (Lipinski definition) is 1. The molecule has 0 bridgehead atoms. The zero-order chi connectivity index (χ0) is 18.1. The maximum absolute atomic E-state index is 12.3. The number of nitrogens with one attached hydrogen (secondary N) is 1. The van der Waals surface area contributed by atoms with E-state index in [9.17, 15) is 9.59 Å². The molecule has 0 aliphatic carbocycles. The number of ether oxygens (including phenoxy) is 1. The van der Waals surface area contributed by atoms with Gasteiger partial charge in [0.2, 0.25) is 5.91 Å². The summed E-state index contributed by atoms with van der Waals surface area (Å²) >= 11 is 0. The Balaban J connectivity index is 1.95. The summed E-state index contributed by atoms with van der Waals surface area (Å²) in [4.78, 5) is 24.3. The van der Waals surface area contributed by atoms with Crippen LogP contribution in [-0.4, -0.2) is 25.0 Å². The number of amides is 1. The number of carbonyl (C=O) groups excluding carboxylic acids is 2. The highest BCUT2D eigenvalue weighted by Crippen LogP contribution is 2.16. The van der Waals surface area contributed by atoms with Crippen molar-refractivity contribution in [2.45, 2.75) is 51.5 Å². The lowest BCUT2D eigenvalue weighted by Gasteiger charge is -2.16. The van der Waals surface area contributed by atoms with Crippen LogP contribution >= 0.6 is 0 Å². The van der Waals surface area contributed by atoms with Crippen molar-refractivity contribution in [2.24, 2.45) is 0 Å². The fourth-order valence-corrected chi connectivity index (χ4v) is 2.95. The highest BCUT2D eigenvalue weighted by Gasteiger charge is 2.21. The Hall–Kier alpha value is -2.36. The van der Waals surface area contributed by atoms with Gasteiger partial charge in [0, 0.05) is 0 Å². The quantitative estimate of drug-likeness (QED) is 0.554. The number of esters is 1. The van der Waals surface area contributed by atoms with Gasteiger partial charge in [-0.15, -0.1) is 0 Å². The molecule has 2 rings (SSSR count). The predicted octanol–water partition coefficient (Wildman–Crippen LogP) is 4.01. The molecule has 1 atom stereocenters. The lowest BCUT2D eigenvalue weighted by atomic mass is 10.0. The van der Waals surface area contributed by atoms with E-state index in [4.69, 9.17) is 4.74 Å². The maximum Gasteiger partial charge on any atom is 0.328 e. The first-order valence-corrected chi connectivity index (χ1v) is 8.99. The molecule has 25 heavy (non-hydrogen) atoms.